The predicted octanol–water partition coefficient (Wildman–Crippen LogP) is 4.17. The van der Waals surface area contributed by atoms with Crippen molar-refractivity contribution in [2.24, 2.45) is 0 Å². The van der Waals surface area contributed by atoms with Crippen molar-refractivity contribution in [2.75, 3.05) is 5.32 Å². The Labute approximate surface area is 106 Å². The van der Waals surface area contributed by atoms with E-state index in [9.17, 15) is 8.78 Å². The number of pyridine rings is 1. The van der Waals surface area contributed by atoms with Crippen molar-refractivity contribution in [3.63, 3.8) is 0 Å². The van der Waals surface area contributed by atoms with Gasteiger partial charge in [0, 0.05) is 22.4 Å². The van der Waals surface area contributed by atoms with E-state index in [0.717, 1.165) is 22.2 Å². The number of benzene rings is 1. The average Bonchev–Trinajstić information content (AvgIpc) is 2.27. The summed E-state index contributed by atoms with van der Waals surface area (Å²) in [6.45, 7) is 1.87. The van der Waals surface area contributed by atoms with Gasteiger partial charge in [-0.05, 0) is 46.6 Å². The van der Waals surface area contributed by atoms with Crippen molar-refractivity contribution in [3.05, 3.63) is 52.1 Å². The van der Waals surface area contributed by atoms with Crippen molar-refractivity contribution in [1.29, 1.82) is 0 Å². The zero-order chi connectivity index (χ0) is 12.4. The molecule has 1 N–H and O–H groups in total. The highest BCUT2D eigenvalue weighted by Crippen LogP contribution is 2.22. The highest BCUT2D eigenvalue weighted by Gasteiger charge is 2.05. The molecule has 1 heterocycles. The quantitative estimate of drug-likeness (QED) is 0.900. The van der Waals surface area contributed by atoms with Crippen LogP contribution in [0.5, 0.6) is 0 Å². The van der Waals surface area contributed by atoms with E-state index in [1.54, 1.807) is 6.20 Å². The number of nitrogens with one attached hydrogen (secondary N) is 1. The van der Waals surface area contributed by atoms with Gasteiger partial charge in [-0.3, -0.25) is 0 Å². The number of hydrogen-bond acceptors (Lipinski definition) is 2. The molecule has 2 aromatic rings. The largest absolute Gasteiger partial charge is 0.340 e. The van der Waals surface area contributed by atoms with Gasteiger partial charge in [-0.2, -0.15) is 0 Å². The molecule has 88 valence electrons. The number of rotatable bonds is 2. The lowest BCUT2D eigenvalue weighted by molar-refractivity contribution is 0.509. The van der Waals surface area contributed by atoms with Crippen LogP contribution in [0.4, 0.5) is 20.3 Å². The van der Waals surface area contributed by atoms with Crippen LogP contribution >= 0.6 is 15.9 Å². The Bertz CT molecular complexity index is 558. The van der Waals surface area contributed by atoms with Gasteiger partial charge in [-0.15, -0.1) is 0 Å². The topological polar surface area (TPSA) is 24.9 Å². The number of hydrogen-bond donors (Lipinski definition) is 1. The third kappa shape index (κ3) is 2.79. The fourth-order valence-electron chi connectivity index (χ4n) is 1.38. The summed E-state index contributed by atoms with van der Waals surface area (Å²) in [7, 11) is 0. The molecule has 0 radical (unpaired) electrons. The third-order valence-corrected chi connectivity index (χ3v) is 2.66. The van der Waals surface area contributed by atoms with Crippen molar-refractivity contribution in [1.82, 2.24) is 4.98 Å². The molecular weight excluding hydrogens is 290 g/mol. The molecule has 0 bridgehead atoms. The fourth-order valence-corrected chi connectivity index (χ4v) is 1.83. The molecule has 0 aliphatic heterocycles. The molecule has 0 amide bonds. The van der Waals surface area contributed by atoms with Gasteiger partial charge in [0.05, 0.1) is 0 Å². The van der Waals surface area contributed by atoms with Crippen LogP contribution in [0.25, 0.3) is 0 Å². The molecule has 0 spiro atoms. The summed E-state index contributed by atoms with van der Waals surface area (Å²) in [5.74, 6) is -1.14. The lowest BCUT2D eigenvalue weighted by atomic mass is 10.2. The van der Waals surface area contributed by atoms with E-state index in [-0.39, 0.29) is 0 Å². The summed E-state index contributed by atoms with van der Waals surface area (Å²) >= 11 is 3.30. The van der Waals surface area contributed by atoms with Crippen LogP contribution in [0, 0.1) is 18.6 Å². The molecule has 1 aromatic heterocycles. The number of halogens is 3. The van der Waals surface area contributed by atoms with Gasteiger partial charge in [-0.25, -0.2) is 13.8 Å². The third-order valence-electron chi connectivity index (χ3n) is 2.23. The SMILES string of the molecule is Cc1cc(Br)cnc1Nc1ccc(F)c(F)c1. The van der Waals surface area contributed by atoms with Crippen LogP contribution in [0.1, 0.15) is 5.56 Å². The Hall–Kier alpha value is -1.49. The summed E-state index contributed by atoms with van der Waals surface area (Å²) < 4.78 is 26.6. The number of aryl methyl sites for hydroxylation is 1. The Morgan fingerprint density at radius 2 is 1.94 bits per heavy atom. The van der Waals surface area contributed by atoms with Gasteiger partial charge in [-0.1, -0.05) is 0 Å². The first-order chi connectivity index (χ1) is 8.06. The second-order valence-electron chi connectivity index (χ2n) is 3.57. The molecule has 0 fully saturated rings. The van der Waals surface area contributed by atoms with Crippen LogP contribution in [0.2, 0.25) is 0 Å². The predicted molar refractivity (Wildman–Crippen MR) is 66.3 cm³/mol. The monoisotopic (exact) mass is 298 g/mol. The van der Waals surface area contributed by atoms with Crippen molar-refractivity contribution in [2.45, 2.75) is 6.92 Å². The van der Waals surface area contributed by atoms with E-state index >= 15 is 0 Å². The standard InChI is InChI=1S/C12H9BrF2N2/c1-7-4-8(13)6-16-12(7)17-9-2-3-10(14)11(15)5-9/h2-6H,1H3,(H,16,17). The van der Waals surface area contributed by atoms with Gasteiger partial charge < -0.3 is 5.32 Å². The fraction of sp³-hybridized carbons (Fsp3) is 0.0833. The van der Waals surface area contributed by atoms with Crippen LogP contribution in [-0.2, 0) is 0 Å². The molecule has 0 atom stereocenters. The Morgan fingerprint density at radius 3 is 2.59 bits per heavy atom. The maximum atomic E-state index is 13.0. The van der Waals surface area contributed by atoms with E-state index in [1.807, 2.05) is 13.0 Å². The maximum Gasteiger partial charge on any atom is 0.160 e. The van der Waals surface area contributed by atoms with Gasteiger partial charge in [0.1, 0.15) is 5.82 Å². The van der Waals surface area contributed by atoms with Crippen molar-refractivity contribution < 1.29 is 8.78 Å². The lowest BCUT2D eigenvalue weighted by Gasteiger charge is -2.08. The van der Waals surface area contributed by atoms with Gasteiger partial charge in [0.2, 0.25) is 0 Å². The Balaban J connectivity index is 2.28. The molecule has 0 unspecified atom stereocenters. The molecule has 2 rings (SSSR count). The van der Waals surface area contributed by atoms with Gasteiger partial charge in [0.25, 0.3) is 0 Å². The number of nitrogens with zero attached hydrogens (tertiary/aromatic N) is 1. The first-order valence-electron chi connectivity index (χ1n) is 4.90. The minimum absolute atomic E-state index is 0.460. The first kappa shape index (κ1) is 12.0. The number of anilines is 2. The molecule has 5 heteroatoms. The van der Waals surface area contributed by atoms with E-state index in [0.29, 0.717) is 11.5 Å². The summed E-state index contributed by atoms with van der Waals surface area (Å²) in [5.41, 5.74) is 1.37. The summed E-state index contributed by atoms with van der Waals surface area (Å²) in [4.78, 5) is 4.15. The van der Waals surface area contributed by atoms with E-state index < -0.39 is 11.6 Å². The second-order valence-corrected chi connectivity index (χ2v) is 4.49. The Morgan fingerprint density at radius 1 is 1.18 bits per heavy atom. The number of aromatic nitrogens is 1. The minimum atomic E-state index is -0.884. The molecule has 17 heavy (non-hydrogen) atoms. The molecule has 0 aliphatic carbocycles. The lowest BCUT2D eigenvalue weighted by Crippen LogP contribution is -1.97. The highest BCUT2D eigenvalue weighted by molar-refractivity contribution is 9.10. The van der Waals surface area contributed by atoms with E-state index in [4.69, 9.17) is 0 Å². The van der Waals surface area contributed by atoms with Crippen LogP contribution in [0.3, 0.4) is 0 Å². The highest BCUT2D eigenvalue weighted by atomic mass is 79.9. The molecular formula is C12H9BrF2N2. The zero-order valence-electron chi connectivity index (χ0n) is 8.97. The zero-order valence-corrected chi connectivity index (χ0v) is 10.6. The van der Waals surface area contributed by atoms with Crippen LogP contribution in [-0.4, -0.2) is 4.98 Å². The van der Waals surface area contributed by atoms with Crippen LogP contribution in [0.15, 0.2) is 34.9 Å². The summed E-state index contributed by atoms with van der Waals surface area (Å²) in [6.07, 6.45) is 1.63. The van der Waals surface area contributed by atoms with Gasteiger partial charge >= 0.3 is 0 Å². The summed E-state index contributed by atoms with van der Waals surface area (Å²) in [5, 5.41) is 2.93. The normalized spacial score (nSPS) is 10.4. The van der Waals surface area contributed by atoms with Crippen molar-refractivity contribution >= 4 is 27.4 Å². The molecule has 2 nitrogen and oxygen atoms in total. The smallest absolute Gasteiger partial charge is 0.160 e. The Kier molecular flexibility index (Phi) is 3.38. The molecule has 0 aliphatic rings. The molecule has 0 saturated carbocycles. The average molecular weight is 299 g/mol. The summed E-state index contributed by atoms with van der Waals surface area (Å²) in [6, 6.07) is 5.52. The van der Waals surface area contributed by atoms with E-state index in [1.165, 1.54) is 6.07 Å². The maximum absolute atomic E-state index is 13.0. The first-order valence-corrected chi connectivity index (χ1v) is 5.70. The van der Waals surface area contributed by atoms with E-state index in [2.05, 4.69) is 26.2 Å². The molecule has 0 saturated heterocycles. The van der Waals surface area contributed by atoms with Gasteiger partial charge in [0.15, 0.2) is 11.6 Å². The van der Waals surface area contributed by atoms with Crippen molar-refractivity contribution in [3.8, 4) is 0 Å². The minimum Gasteiger partial charge on any atom is -0.340 e. The van der Waals surface area contributed by atoms with Crippen LogP contribution < -0.4 is 5.32 Å². The molecule has 1 aromatic carbocycles. The second kappa shape index (κ2) is 4.79.